The summed E-state index contributed by atoms with van der Waals surface area (Å²) in [6.07, 6.45) is 1.87. The minimum atomic E-state index is -0.373. The average molecular weight is 274 g/mol. The molecule has 1 amide bonds. The molecule has 2 rings (SSSR count). The van der Waals surface area contributed by atoms with Crippen LogP contribution in [0.2, 0.25) is 0 Å². The highest BCUT2D eigenvalue weighted by atomic mass is 16.5. The van der Waals surface area contributed by atoms with E-state index >= 15 is 0 Å². The van der Waals surface area contributed by atoms with E-state index in [0.717, 1.165) is 17.1 Å². The Labute approximate surface area is 117 Å². The van der Waals surface area contributed by atoms with Crippen LogP contribution in [0.3, 0.4) is 0 Å². The molecule has 4 N–H and O–H groups in total. The van der Waals surface area contributed by atoms with Crippen molar-refractivity contribution in [3.63, 3.8) is 0 Å². The van der Waals surface area contributed by atoms with Gasteiger partial charge in [0.2, 0.25) is 5.91 Å². The van der Waals surface area contributed by atoms with Crippen LogP contribution in [-0.4, -0.2) is 22.5 Å². The average Bonchev–Trinajstić information content (AvgIpc) is 2.83. The molecule has 1 aromatic carbocycles. The molecule has 6 nitrogen and oxygen atoms in total. The molecule has 2 aromatic rings. The zero-order valence-corrected chi connectivity index (χ0v) is 11.3. The van der Waals surface area contributed by atoms with E-state index in [0.29, 0.717) is 12.3 Å². The lowest BCUT2D eigenvalue weighted by molar-refractivity contribution is -0.118. The lowest BCUT2D eigenvalue weighted by Crippen LogP contribution is -2.15. The van der Waals surface area contributed by atoms with E-state index < -0.39 is 0 Å². The summed E-state index contributed by atoms with van der Waals surface area (Å²) in [7, 11) is 0. The van der Waals surface area contributed by atoms with Crippen LogP contribution in [-0.2, 0) is 11.3 Å². The zero-order chi connectivity index (χ0) is 14.4. The summed E-state index contributed by atoms with van der Waals surface area (Å²) in [6, 6.07) is 7.56. The summed E-state index contributed by atoms with van der Waals surface area (Å²) in [5.41, 5.74) is 7.94. The Morgan fingerprint density at radius 3 is 2.95 bits per heavy atom. The minimum Gasteiger partial charge on any atom is -0.491 e. The molecule has 0 saturated heterocycles. The normalized spacial score (nSPS) is 10.2. The Bertz CT molecular complexity index is 580. The maximum Gasteiger partial charge on any atom is 0.220 e. The molecular formula is C14H18N4O2. The number of aromatic nitrogens is 2. The van der Waals surface area contributed by atoms with Crippen molar-refractivity contribution in [3.8, 4) is 5.75 Å². The standard InChI is InChI=1S/C14H18N4O2/c1-10-12(18-9-17-10)8-16-11-4-2-3-5-13(11)20-7-6-14(15)19/h2-5,9,16H,6-8H2,1H3,(H2,15,19)(H,17,18). The fraction of sp³-hybridized carbons (Fsp3) is 0.286. The maximum absolute atomic E-state index is 10.7. The summed E-state index contributed by atoms with van der Waals surface area (Å²) in [5.74, 6) is 0.324. The van der Waals surface area contributed by atoms with Crippen LogP contribution in [0.25, 0.3) is 0 Å². The predicted molar refractivity (Wildman–Crippen MR) is 76.4 cm³/mol. The van der Waals surface area contributed by atoms with E-state index in [1.807, 2.05) is 31.2 Å². The van der Waals surface area contributed by atoms with Gasteiger partial charge in [-0.25, -0.2) is 4.98 Å². The number of nitrogens with zero attached hydrogens (tertiary/aromatic N) is 1. The summed E-state index contributed by atoms with van der Waals surface area (Å²) < 4.78 is 5.56. The Morgan fingerprint density at radius 1 is 1.45 bits per heavy atom. The van der Waals surface area contributed by atoms with Crippen LogP contribution < -0.4 is 15.8 Å². The van der Waals surface area contributed by atoms with Crippen LogP contribution in [0.1, 0.15) is 17.8 Å². The number of ether oxygens (including phenoxy) is 1. The van der Waals surface area contributed by atoms with Crippen LogP contribution >= 0.6 is 0 Å². The largest absolute Gasteiger partial charge is 0.491 e. The number of hydrogen-bond acceptors (Lipinski definition) is 4. The van der Waals surface area contributed by atoms with E-state index in [2.05, 4.69) is 15.3 Å². The first-order chi connectivity index (χ1) is 9.66. The summed E-state index contributed by atoms with van der Waals surface area (Å²) in [4.78, 5) is 18.0. The van der Waals surface area contributed by atoms with Crippen LogP contribution in [0, 0.1) is 6.92 Å². The second-order valence-electron chi connectivity index (χ2n) is 4.39. The SMILES string of the molecule is Cc1[nH]cnc1CNc1ccccc1OCCC(N)=O. The van der Waals surface area contributed by atoms with Gasteiger partial charge >= 0.3 is 0 Å². The number of rotatable bonds is 7. The fourth-order valence-electron chi connectivity index (χ4n) is 1.74. The lowest BCUT2D eigenvalue weighted by atomic mass is 10.2. The van der Waals surface area contributed by atoms with Crippen LogP contribution in [0.5, 0.6) is 5.75 Å². The molecule has 1 heterocycles. The fourth-order valence-corrected chi connectivity index (χ4v) is 1.74. The summed E-state index contributed by atoms with van der Waals surface area (Å²) >= 11 is 0. The number of benzene rings is 1. The van der Waals surface area contributed by atoms with E-state index in [1.165, 1.54) is 0 Å². The number of carbonyl (C=O) groups excluding carboxylic acids is 1. The topological polar surface area (TPSA) is 93.0 Å². The summed E-state index contributed by atoms with van der Waals surface area (Å²) in [6.45, 7) is 2.85. The highest BCUT2D eigenvalue weighted by Crippen LogP contribution is 2.24. The number of primary amides is 1. The molecule has 0 spiro atoms. The molecular weight excluding hydrogens is 256 g/mol. The lowest BCUT2D eigenvalue weighted by Gasteiger charge is -2.12. The molecule has 106 valence electrons. The van der Waals surface area contributed by atoms with E-state index in [-0.39, 0.29) is 18.9 Å². The van der Waals surface area contributed by atoms with Gasteiger partial charge in [0.15, 0.2) is 0 Å². The number of aryl methyl sites for hydroxylation is 1. The maximum atomic E-state index is 10.7. The van der Waals surface area contributed by atoms with Gasteiger partial charge in [0.05, 0.1) is 37.3 Å². The number of H-pyrrole nitrogens is 1. The van der Waals surface area contributed by atoms with Crippen molar-refractivity contribution < 1.29 is 9.53 Å². The predicted octanol–water partition coefficient (Wildman–Crippen LogP) is 1.58. The van der Waals surface area contributed by atoms with Gasteiger partial charge in [0.25, 0.3) is 0 Å². The van der Waals surface area contributed by atoms with E-state index in [9.17, 15) is 4.79 Å². The molecule has 20 heavy (non-hydrogen) atoms. The number of imidazole rings is 1. The Hall–Kier alpha value is -2.50. The minimum absolute atomic E-state index is 0.201. The third-order valence-electron chi connectivity index (χ3n) is 2.87. The van der Waals surface area contributed by atoms with Gasteiger partial charge < -0.3 is 20.8 Å². The number of anilines is 1. The molecule has 0 unspecified atom stereocenters. The quantitative estimate of drug-likeness (QED) is 0.714. The van der Waals surface area contributed by atoms with Gasteiger partial charge in [-0.05, 0) is 19.1 Å². The molecule has 0 aliphatic carbocycles. The van der Waals surface area contributed by atoms with Gasteiger partial charge in [-0.1, -0.05) is 12.1 Å². The van der Waals surface area contributed by atoms with Crippen molar-refractivity contribution in [3.05, 3.63) is 42.0 Å². The van der Waals surface area contributed by atoms with Crippen molar-refractivity contribution in [2.75, 3.05) is 11.9 Å². The van der Waals surface area contributed by atoms with Gasteiger partial charge in [-0.15, -0.1) is 0 Å². The second-order valence-corrected chi connectivity index (χ2v) is 4.39. The number of aromatic amines is 1. The Kier molecular flexibility index (Phi) is 4.60. The van der Waals surface area contributed by atoms with Gasteiger partial charge in [-0.3, -0.25) is 4.79 Å². The number of hydrogen-bond donors (Lipinski definition) is 3. The Morgan fingerprint density at radius 2 is 2.25 bits per heavy atom. The molecule has 0 fully saturated rings. The van der Waals surface area contributed by atoms with Gasteiger partial charge in [-0.2, -0.15) is 0 Å². The molecule has 0 bridgehead atoms. The number of amides is 1. The number of nitrogens with two attached hydrogens (primary N) is 1. The zero-order valence-electron chi connectivity index (χ0n) is 11.3. The molecule has 0 radical (unpaired) electrons. The molecule has 0 aliphatic heterocycles. The first kappa shape index (κ1) is 13.9. The Balaban J connectivity index is 1.97. The van der Waals surface area contributed by atoms with Crippen LogP contribution in [0.15, 0.2) is 30.6 Å². The smallest absolute Gasteiger partial charge is 0.220 e. The van der Waals surface area contributed by atoms with Crippen LogP contribution in [0.4, 0.5) is 5.69 Å². The third kappa shape index (κ3) is 3.74. The molecule has 6 heteroatoms. The van der Waals surface area contributed by atoms with Crippen molar-refractivity contribution in [1.29, 1.82) is 0 Å². The monoisotopic (exact) mass is 274 g/mol. The second kappa shape index (κ2) is 6.60. The molecule has 0 aliphatic rings. The van der Waals surface area contributed by atoms with Crippen molar-refractivity contribution in [1.82, 2.24) is 9.97 Å². The number of para-hydroxylation sites is 2. The first-order valence-corrected chi connectivity index (χ1v) is 6.39. The first-order valence-electron chi connectivity index (χ1n) is 6.39. The molecule has 0 atom stereocenters. The highest BCUT2D eigenvalue weighted by Gasteiger charge is 2.05. The molecule has 1 aromatic heterocycles. The van der Waals surface area contributed by atoms with Crippen molar-refractivity contribution in [2.45, 2.75) is 19.9 Å². The number of nitrogens with one attached hydrogen (secondary N) is 2. The van der Waals surface area contributed by atoms with E-state index in [4.69, 9.17) is 10.5 Å². The summed E-state index contributed by atoms with van der Waals surface area (Å²) in [5, 5.41) is 3.27. The van der Waals surface area contributed by atoms with E-state index in [1.54, 1.807) is 6.33 Å². The van der Waals surface area contributed by atoms with Gasteiger partial charge in [0, 0.05) is 5.69 Å². The van der Waals surface area contributed by atoms with Crippen molar-refractivity contribution in [2.24, 2.45) is 5.73 Å². The highest BCUT2D eigenvalue weighted by molar-refractivity contribution is 5.73. The third-order valence-corrected chi connectivity index (χ3v) is 2.87. The van der Waals surface area contributed by atoms with Gasteiger partial charge in [0.1, 0.15) is 5.75 Å². The van der Waals surface area contributed by atoms with Crippen molar-refractivity contribution >= 4 is 11.6 Å². The number of carbonyl (C=O) groups is 1. The molecule has 0 saturated carbocycles.